The maximum atomic E-state index is 13.2. The molecule has 2 fully saturated rings. The first-order chi connectivity index (χ1) is 35.2. The molecule has 2 saturated carbocycles. The first kappa shape index (κ1) is 53.6. The molecule has 3 aliphatic rings. The summed E-state index contributed by atoms with van der Waals surface area (Å²) < 4.78 is 5.99. The van der Waals surface area contributed by atoms with Crippen molar-refractivity contribution in [1.29, 1.82) is 0 Å². The summed E-state index contributed by atoms with van der Waals surface area (Å²) in [6, 6.07) is 40.2. The summed E-state index contributed by atoms with van der Waals surface area (Å²) in [5.41, 5.74) is 9.05. The Labute approximate surface area is 432 Å². The number of aliphatic hydroxyl groups is 4. The molecule has 0 bridgehead atoms. The van der Waals surface area contributed by atoms with Gasteiger partial charge in [0.25, 0.3) is 0 Å². The van der Waals surface area contributed by atoms with Crippen LogP contribution in [0, 0.1) is 25.7 Å². The van der Waals surface area contributed by atoms with Gasteiger partial charge in [-0.05, 0) is 166 Å². The third-order valence-corrected chi connectivity index (χ3v) is 17.1. The summed E-state index contributed by atoms with van der Waals surface area (Å²) in [6.45, 7) is 8.77. The number of aliphatic hydroxyl groups excluding tert-OH is 2. The van der Waals surface area contributed by atoms with Gasteiger partial charge in [-0.1, -0.05) is 111 Å². The fraction of sp³-hybridized carbons (Fsp3) is 0.429. The van der Waals surface area contributed by atoms with E-state index in [4.69, 9.17) is 4.74 Å². The summed E-state index contributed by atoms with van der Waals surface area (Å²) >= 11 is 0. The van der Waals surface area contributed by atoms with Crippen molar-refractivity contribution < 1.29 is 34.8 Å². The molecule has 6 aromatic rings. The highest BCUT2D eigenvalue weighted by molar-refractivity contribution is 5.98. The van der Waals surface area contributed by atoms with Crippen LogP contribution in [-0.4, -0.2) is 73.0 Å². The predicted octanol–water partition coefficient (Wildman–Crippen LogP) is 10.0. The average Bonchev–Trinajstić information content (AvgIpc) is 3.52. The largest absolute Gasteiger partial charge is 0.392 e. The molecule has 1 unspecified atom stereocenters. The van der Waals surface area contributed by atoms with Crippen molar-refractivity contribution in [2.45, 2.75) is 146 Å². The van der Waals surface area contributed by atoms with E-state index in [-0.39, 0.29) is 48.5 Å². The van der Waals surface area contributed by atoms with Crippen molar-refractivity contribution in [3.63, 3.8) is 0 Å². The first-order valence-electron chi connectivity index (χ1n) is 26.4. The molecule has 10 nitrogen and oxygen atoms in total. The van der Waals surface area contributed by atoms with Gasteiger partial charge in [-0.15, -0.1) is 0 Å². The Morgan fingerprint density at radius 3 is 1.70 bits per heavy atom. The minimum atomic E-state index is -0.989. The third-order valence-electron chi connectivity index (χ3n) is 17.1. The van der Waals surface area contributed by atoms with Gasteiger partial charge in [0.15, 0.2) is 17.9 Å². The molecule has 9 rings (SSSR count). The quantitative estimate of drug-likeness (QED) is 0.0591. The van der Waals surface area contributed by atoms with Crippen LogP contribution in [0.1, 0.15) is 142 Å². The lowest BCUT2D eigenvalue weighted by molar-refractivity contribution is -0.183. The molecule has 1 aliphatic heterocycles. The van der Waals surface area contributed by atoms with E-state index < -0.39 is 22.9 Å². The van der Waals surface area contributed by atoms with Crippen LogP contribution in [-0.2, 0) is 54.5 Å². The number of hydrogen-bond donors (Lipinski definition) is 5. The van der Waals surface area contributed by atoms with Gasteiger partial charge in [0, 0.05) is 64.5 Å². The molecule has 5 N–H and O–H groups in total. The lowest BCUT2D eigenvalue weighted by Crippen LogP contribution is -2.52. The lowest BCUT2D eigenvalue weighted by atomic mass is 9.55. The molecule has 3 heterocycles. The Hall–Kier alpha value is -5.72. The van der Waals surface area contributed by atoms with Gasteiger partial charge in [-0.25, -0.2) is 0 Å². The van der Waals surface area contributed by atoms with Gasteiger partial charge in [0.2, 0.25) is 0 Å². The lowest BCUT2D eigenvalue weighted by Gasteiger charge is -2.51. The minimum Gasteiger partial charge on any atom is -0.392 e. The second kappa shape index (κ2) is 23.2. The second-order valence-corrected chi connectivity index (χ2v) is 21.4. The molecule has 0 amide bonds. The maximum absolute atomic E-state index is 13.2. The van der Waals surface area contributed by atoms with E-state index in [1.807, 2.05) is 101 Å². The standard InChI is InChI=1S/C32H40N2O3.C31H35NO4/c1-4-31(37)14-15-32(28(20-31)21-33-3,19-24-9-6-5-7-10-24)29-13-12-26(17-27(29)22-35)30(36)18-25-11-8-16-34-23(25)2;1-3-30(35)13-14-31(18-22-8-5-4-6-9-22)26-12-11-24(16-25(26)20-36-29(34)27(31)19-30)28(33)17-23-10-7-15-32-21(23)2/h5-13,16-17,28,33,35,37H,4,14-15,18-22H2,1-3H3;4-12,15-16,27,29,34-35H,3,13-14,17-20H2,1-2H3/t28-,31+,32-;27-,29?,30-,31-/m01/s1. The topological polar surface area (TPSA) is 162 Å². The summed E-state index contributed by atoms with van der Waals surface area (Å²) in [7, 11) is 1.96. The fourth-order valence-electron chi connectivity index (χ4n) is 12.6. The number of Topliss-reactive ketones (excluding diaryl/α,β-unsaturated/α-hetero) is 2. The molecule has 0 spiro atoms. The van der Waals surface area contributed by atoms with E-state index in [1.165, 1.54) is 11.1 Å². The zero-order valence-corrected chi connectivity index (χ0v) is 43.4. The summed E-state index contributed by atoms with van der Waals surface area (Å²) in [4.78, 5) is 35.1. The molecule has 0 radical (unpaired) electrons. The van der Waals surface area contributed by atoms with Crippen LogP contribution in [0.3, 0.4) is 0 Å². The highest BCUT2D eigenvalue weighted by Crippen LogP contribution is 2.54. The van der Waals surface area contributed by atoms with Crippen molar-refractivity contribution >= 4 is 11.6 Å². The normalized spacial score (nSPS) is 25.6. The number of aromatic nitrogens is 2. The van der Waals surface area contributed by atoms with Crippen LogP contribution in [0.15, 0.2) is 134 Å². The minimum absolute atomic E-state index is 0.0187. The van der Waals surface area contributed by atoms with Crippen molar-refractivity contribution in [3.05, 3.63) is 201 Å². The smallest absolute Gasteiger partial charge is 0.167 e. The number of nitrogens with one attached hydrogen (secondary N) is 1. The van der Waals surface area contributed by atoms with Gasteiger partial charge < -0.3 is 30.5 Å². The molecule has 384 valence electrons. The summed E-state index contributed by atoms with van der Waals surface area (Å²) in [5.74, 6) is -0.0276. The van der Waals surface area contributed by atoms with Crippen LogP contribution < -0.4 is 5.32 Å². The maximum Gasteiger partial charge on any atom is 0.167 e. The van der Waals surface area contributed by atoms with Gasteiger partial charge in [-0.2, -0.15) is 0 Å². The van der Waals surface area contributed by atoms with Crippen molar-refractivity contribution in [3.8, 4) is 0 Å². The molecule has 2 aliphatic carbocycles. The van der Waals surface area contributed by atoms with Crippen LogP contribution in [0.2, 0.25) is 0 Å². The van der Waals surface area contributed by atoms with E-state index in [0.29, 0.717) is 49.7 Å². The van der Waals surface area contributed by atoms with Gasteiger partial charge in [-0.3, -0.25) is 19.6 Å². The fourth-order valence-corrected chi connectivity index (χ4v) is 12.6. The van der Waals surface area contributed by atoms with E-state index in [9.17, 15) is 30.0 Å². The van der Waals surface area contributed by atoms with Crippen LogP contribution in [0.5, 0.6) is 0 Å². The Bertz CT molecular complexity index is 2840. The second-order valence-electron chi connectivity index (χ2n) is 21.4. The molecule has 10 heteroatoms. The van der Waals surface area contributed by atoms with Gasteiger partial charge in [0.05, 0.1) is 24.4 Å². The number of fused-ring (bicyclic) bond motifs is 3. The van der Waals surface area contributed by atoms with Gasteiger partial charge in [0.1, 0.15) is 0 Å². The number of hydrogen-bond acceptors (Lipinski definition) is 10. The third kappa shape index (κ3) is 11.8. The molecule has 4 aromatic carbocycles. The zero-order chi connectivity index (χ0) is 51.8. The highest BCUT2D eigenvalue weighted by Gasteiger charge is 2.54. The van der Waals surface area contributed by atoms with Crippen LogP contribution >= 0.6 is 0 Å². The van der Waals surface area contributed by atoms with Crippen LogP contribution in [0.25, 0.3) is 0 Å². The SMILES string of the molecule is CC[C@@]1(O)CC[C@@](Cc2ccccc2)(c2ccc(C(=O)Cc3cccnc3C)cc2CO)[C@H](CNC)C1.CC[C@@]1(O)CC[C@@]2(Cc3ccccc3)c3ccc(C(=O)Cc4cccnc4C)cc3COC(O)[C@H]2C1. The zero-order valence-electron chi connectivity index (χ0n) is 43.4. The summed E-state index contributed by atoms with van der Waals surface area (Å²) in [5, 5.41) is 47.7. The van der Waals surface area contributed by atoms with Crippen molar-refractivity contribution in [2.24, 2.45) is 11.8 Å². The predicted molar refractivity (Wildman–Crippen MR) is 286 cm³/mol. The number of pyridine rings is 2. The number of aryl methyl sites for hydroxylation is 2. The number of ether oxygens (including phenoxy) is 1. The van der Waals surface area contributed by atoms with Crippen LogP contribution in [0.4, 0.5) is 0 Å². The summed E-state index contributed by atoms with van der Waals surface area (Å²) in [6.07, 6.45) is 10.1. The number of carbonyl (C=O) groups excluding carboxylic acids is 2. The molecule has 2 aromatic heterocycles. The number of rotatable bonds is 16. The average molecular weight is 986 g/mol. The van der Waals surface area contributed by atoms with E-state index in [2.05, 4.69) is 70.7 Å². The highest BCUT2D eigenvalue weighted by atomic mass is 16.6. The van der Waals surface area contributed by atoms with E-state index in [0.717, 1.165) is 83.4 Å². The molecule has 7 atom stereocenters. The molecular formula is C63H75N3O7. The number of carbonyl (C=O) groups is 2. The Kier molecular flexibility index (Phi) is 17.0. The Balaban J connectivity index is 0.000000195. The van der Waals surface area contributed by atoms with Gasteiger partial charge >= 0.3 is 0 Å². The molecule has 0 saturated heterocycles. The van der Waals surface area contributed by atoms with E-state index >= 15 is 0 Å². The number of nitrogens with zero attached hydrogens (tertiary/aromatic N) is 2. The molecule has 73 heavy (non-hydrogen) atoms. The Morgan fingerprint density at radius 2 is 1.16 bits per heavy atom. The van der Waals surface area contributed by atoms with Crippen molar-refractivity contribution in [1.82, 2.24) is 15.3 Å². The number of ketones is 2. The monoisotopic (exact) mass is 986 g/mol. The number of benzene rings is 4. The van der Waals surface area contributed by atoms with E-state index in [1.54, 1.807) is 12.4 Å². The first-order valence-corrected chi connectivity index (χ1v) is 26.4. The van der Waals surface area contributed by atoms with Crippen molar-refractivity contribution in [2.75, 3.05) is 13.6 Å². The Morgan fingerprint density at radius 1 is 0.644 bits per heavy atom. The molecular weight excluding hydrogens is 911 g/mol.